The van der Waals surface area contributed by atoms with Gasteiger partial charge in [-0.1, -0.05) is 36.4 Å². The fourth-order valence-electron chi connectivity index (χ4n) is 12.6. The highest BCUT2D eigenvalue weighted by Gasteiger charge is 2.33. The largest absolute Gasteiger partial charge is 0.378 e. The Kier molecular flexibility index (Phi) is 22.7. The quantitative estimate of drug-likeness (QED) is 0.0416. The number of piperidine rings is 1. The van der Waals surface area contributed by atoms with Gasteiger partial charge in [-0.05, 0) is 172 Å². The highest BCUT2D eigenvalue weighted by molar-refractivity contribution is 5.94. The minimum absolute atomic E-state index is 0.0822. The summed E-state index contributed by atoms with van der Waals surface area (Å²) in [6, 6.07) is 51.3. The number of amides is 1. The van der Waals surface area contributed by atoms with E-state index in [4.69, 9.17) is 32.4 Å². The summed E-state index contributed by atoms with van der Waals surface area (Å²) in [4.78, 5) is 55.2. The number of piperazine rings is 1. The predicted octanol–water partition coefficient (Wildman–Crippen LogP) is 8.02. The van der Waals surface area contributed by atoms with E-state index in [1.54, 1.807) is 61.2 Å². The van der Waals surface area contributed by atoms with Crippen LogP contribution in [0.25, 0.3) is 23.3 Å². The summed E-state index contributed by atoms with van der Waals surface area (Å²) in [5.41, 5.74) is 30.9. The number of aromatic nitrogens is 16. The Hall–Kier alpha value is -13.2. The number of nitriles is 1. The molecule has 0 spiro atoms. The Bertz CT molecular complexity index is 4950. The number of ether oxygens (including phenoxy) is 2. The van der Waals surface area contributed by atoms with Gasteiger partial charge in [0.15, 0.2) is 23.3 Å². The van der Waals surface area contributed by atoms with Crippen molar-refractivity contribution in [2.24, 2.45) is 0 Å². The number of pyridine rings is 4. The van der Waals surface area contributed by atoms with Gasteiger partial charge in [-0.2, -0.15) is 43.9 Å². The van der Waals surface area contributed by atoms with Crippen LogP contribution in [0.15, 0.2) is 183 Å². The van der Waals surface area contributed by atoms with Crippen molar-refractivity contribution < 1.29 is 18.7 Å². The summed E-state index contributed by atoms with van der Waals surface area (Å²) in [7, 11) is 0. The molecule has 0 radical (unpaired) electrons. The average Bonchev–Trinajstić information content (AvgIpc) is 1.21. The van der Waals surface area contributed by atoms with E-state index in [0.29, 0.717) is 90.5 Å². The maximum atomic E-state index is 14.5. The number of morpholine rings is 2. The Morgan fingerprint density at radius 2 is 0.917 bits per heavy atom. The third-order valence-electron chi connectivity index (χ3n) is 18.3. The minimum Gasteiger partial charge on any atom is -0.378 e. The second-order valence-electron chi connectivity index (χ2n) is 25.6. The van der Waals surface area contributed by atoms with Crippen LogP contribution in [0, 0.1) is 17.1 Å². The summed E-state index contributed by atoms with van der Waals surface area (Å²) in [5, 5.41) is 42.5. The van der Waals surface area contributed by atoms with E-state index in [0.717, 1.165) is 99.9 Å². The van der Waals surface area contributed by atoms with E-state index in [2.05, 4.69) is 132 Å². The fourth-order valence-corrected chi connectivity index (χ4v) is 12.6. The molecule has 1 aliphatic carbocycles. The number of benzene rings is 4. The van der Waals surface area contributed by atoms with E-state index in [-0.39, 0.29) is 41.2 Å². The summed E-state index contributed by atoms with van der Waals surface area (Å²) in [5.74, 6) is 5.02. The number of nitrogens with two attached hydrogens (primary N) is 4. The van der Waals surface area contributed by atoms with Crippen LogP contribution in [0.3, 0.4) is 0 Å². The summed E-state index contributed by atoms with van der Waals surface area (Å²) in [6.45, 7) is 11.3. The number of nitrogens with zero attached hydrogens (tertiary/aromatic N) is 21. The van der Waals surface area contributed by atoms with Gasteiger partial charge in [0.25, 0.3) is 5.91 Å². The number of rotatable bonds is 17. The Labute approximate surface area is 620 Å². The molecule has 108 heavy (non-hydrogen) atoms. The van der Waals surface area contributed by atoms with Gasteiger partial charge in [-0.3, -0.25) is 9.69 Å². The first-order valence-corrected chi connectivity index (χ1v) is 35.5. The van der Waals surface area contributed by atoms with Crippen LogP contribution in [0.2, 0.25) is 0 Å². The summed E-state index contributed by atoms with van der Waals surface area (Å²) in [6.07, 6.45) is 11.7. The predicted molar refractivity (Wildman–Crippen MR) is 409 cm³/mol. The highest BCUT2D eigenvalue weighted by Crippen LogP contribution is 2.32. The molecule has 0 unspecified atom stereocenters. The van der Waals surface area contributed by atoms with Gasteiger partial charge in [0.05, 0.1) is 43.4 Å². The van der Waals surface area contributed by atoms with Crippen molar-refractivity contribution in [2.45, 2.75) is 37.6 Å². The third-order valence-corrected chi connectivity index (χ3v) is 18.3. The van der Waals surface area contributed by atoms with Crippen molar-refractivity contribution in [1.82, 2.24) is 94.1 Å². The minimum atomic E-state index is -0.387. The second kappa shape index (κ2) is 34.1. The SMILES string of the molecule is N#Cc1ccc(Nc2nc(N)n(-c3ccccn3)n2)cc1N1CCOCC1.Nc1nc(Nc2ccc(C(=O)N3CCN(C4CC4)CC3)cc2)nn1-c1ccccn1.Nc1nc(Nc2ccc(C3CCNCC3)cc2)nn1-c1ccccn1.Nc1nc(Nc2ccc(N3CCOCC3)cc2F)nn1-c1ccccn1. The Morgan fingerprint density at radius 3 is 1.35 bits per heavy atom. The average molecular weight is 1460 g/mol. The molecule has 33 nitrogen and oxygen atoms in total. The highest BCUT2D eigenvalue weighted by atomic mass is 19.1. The molecule has 1 amide bonds. The first-order valence-electron chi connectivity index (χ1n) is 35.5. The van der Waals surface area contributed by atoms with Gasteiger partial charge in [0.2, 0.25) is 47.6 Å². The van der Waals surface area contributed by atoms with E-state index >= 15 is 0 Å². The first-order chi connectivity index (χ1) is 52.9. The number of nitrogen functional groups attached to an aromatic ring is 4. The lowest BCUT2D eigenvalue weighted by atomic mass is 9.90. The fraction of sp³-hybridized carbons (Fsp3) is 0.270. The maximum Gasteiger partial charge on any atom is 0.253 e. The molecule has 13 N–H and O–H groups in total. The molecule has 0 atom stereocenters. The normalized spacial score (nSPS) is 15.2. The zero-order valence-corrected chi connectivity index (χ0v) is 59.0. The molecule has 4 aromatic carbocycles. The lowest BCUT2D eigenvalue weighted by Gasteiger charge is -2.34. The third kappa shape index (κ3) is 18.1. The Balaban J connectivity index is 0.000000121. The van der Waals surface area contributed by atoms with E-state index < -0.39 is 0 Å². The molecule has 8 aromatic heterocycles. The number of carbonyl (C=O) groups excluding carboxylic acids is 1. The van der Waals surface area contributed by atoms with Gasteiger partial charge < -0.3 is 73.7 Å². The molecule has 12 heterocycles. The summed E-state index contributed by atoms with van der Waals surface area (Å²) >= 11 is 0. The molecule has 34 heteroatoms. The van der Waals surface area contributed by atoms with Crippen LogP contribution in [0.5, 0.6) is 0 Å². The number of anilines is 14. The lowest BCUT2D eigenvalue weighted by Crippen LogP contribution is -2.49. The van der Waals surface area contributed by atoms with Crippen molar-refractivity contribution in [1.29, 1.82) is 5.26 Å². The monoisotopic (exact) mass is 1460 g/mol. The zero-order chi connectivity index (χ0) is 74.1. The van der Waals surface area contributed by atoms with Crippen LogP contribution in [-0.2, 0) is 9.47 Å². The van der Waals surface area contributed by atoms with E-state index in [1.165, 1.54) is 56.0 Å². The molecule has 4 aliphatic heterocycles. The van der Waals surface area contributed by atoms with Crippen molar-refractivity contribution in [3.8, 4) is 29.3 Å². The van der Waals surface area contributed by atoms with Crippen LogP contribution in [0.1, 0.15) is 53.1 Å². The molecule has 4 saturated heterocycles. The first kappa shape index (κ1) is 71.7. The number of carbonyl (C=O) groups is 1. The summed E-state index contributed by atoms with van der Waals surface area (Å²) < 4.78 is 31.1. The molecule has 5 fully saturated rings. The van der Waals surface area contributed by atoms with Crippen molar-refractivity contribution in [3.63, 3.8) is 0 Å². The topological polar surface area (TPSA) is 411 Å². The smallest absolute Gasteiger partial charge is 0.253 e. The van der Waals surface area contributed by atoms with Crippen LogP contribution >= 0.6 is 0 Å². The number of nitrogens with one attached hydrogen (secondary N) is 5. The van der Waals surface area contributed by atoms with Crippen LogP contribution in [-0.4, -0.2) is 193 Å². The molecule has 17 rings (SSSR count). The standard InChI is InChI=1S/C21H24N8O.C18H18N8O.C18H21N7.C17H18FN7O/c22-20-25-21(26-29(20)18-3-1-2-10-23-18)24-16-6-4-15(5-7-16)19(30)28-13-11-27(12-14-28)17-8-9-17;19-12-13-4-5-14(11-15(13)25-7-9-27-10-8-25)22-18-23-17(20)26(24-18)16-3-1-2-6-21-16;19-17-23-18(24-25(17)16-3-1-2-10-21-16)22-15-6-4-13(5-7-15)14-8-11-20-12-9-14;18-13-11-12(24-7-9-26-10-8-24)4-5-14(13)21-17-22-16(19)25(23-17)15-3-1-2-6-20-15/h1-7,10,17H,8-9,11-14H2,(H3,22,24,25,26);1-6,11H,7-10H2,(H3,20,22,23,24);1-7,10,14,20H,8-9,11-12H2,(H3,19,22,23,24);1-6,11H,7-10H2,(H3,19,21,22,23). The molecule has 552 valence electrons. The van der Waals surface area contributed by atoms with Gasteiger partial charge in [0.1, 0.15) is 11.9 Å². The van der Waals surface area contributed by atoms with Crippen molar-refractivity contribution >= 4 is 87.6 Å². The van der Waals surface area contributed by atoms with Crippen LogP contribution < -0.4 is 59.3 Å². The van der Waals surface area contributed by atoms with Crippen LogP contribution in [0.4, 0.5) is 86.1 Å². The Morgan fingerprint density at radius 1 is 0.481 bits per heavy atom. The van der Waals surface area contributed by atoms with Gasteiger partial charge in [0, 0.05) is 112 Å². The van der Waals surface area contributed by atoms with Crippen molar-refractivity contribution in [3.05, 3.63) is 205 Å². The second-order valence-corrected chi connectivity index (χ2v) is 25.6. The lowest BCUT2D eigenvalue weighted by molar-refractivity contribution is 0.0627. The van der Waals surface area contributed by atoms with Gasteiger partial charge in [-0.25, -0.2) is 24.3 Å². The van der Waals surface area contributed by atoms with Crippen molar-refractivity contribution in [2.75, 3.05) is 146 Å². The number of halogens is 1. The molecule has 0 bridgehead atoms. The molecule has 1 saturated carbocycles. The number of hydrogen-bond donors (Lipinski definition) is 9. The van der Waals surface area contributed by atoms with Gasteiger partial charge >= 0.3 is 0 Å². The zero-order valence-electron chi connectivity index (χ0n) is 59.0. The molecule has 5 aliphatic rings. The van der Waals surface area contributed by atoms with Gasteiger partial charge in [-0.15, -0.1) is 20.4 Å². The van der Waals surface area contributed by atoms with E-state index in [9.17, 15) is 14.4 Å². The molecular formula is C74H81FN30O3. The molecule has 12 aromatic rings. The molecular weight excluding hydrogens is 1380 g/mol. The number of hydrogen-bond acceptors (Lipinski definition) is 28. The van der Waals surface area contributed by atoms with E-state index in [1.807, 2.05) is 95.9 Å². The maximum absolute atomic E-state index is 14.5.